The van der Waals surface area contributed by atoms with Crippen molar-refractivity contribution in [2.24, 2.45) is 0 Å². The molecule has 0 saturated carbocycles. The number of piperidine rings is 1. The van der Waals surface area contributed by atoms with Gasteiger partial charge in [-0.2, -0.15) is 0 Å². The van der Waals surface area contributed by atoms with Crippen LogP contribution in [0.3, 0.4) is 0 Å². The Bertz CT molecular complexity index is 670. The molecule has 0 aliphatic carbocycles. The fourth-order valence-corrected chi connectivity index (χ4v) is 4.23. The lowest BCUT2D eigenvalue weighted by atomic mass is 9.79. The highest BCUT2D eigenvalue weighted by molar-refractivity contribution is 7.09. The first kappa shape index (κ1) is 17.1. The molecule has 2 aromatic rings. The third-order valence-corrected chi connectivity index (χ3v) is 5.58. The summed E-state index contributed by atoms with van der Waals surface area (Å²) in [6, 6.07) is 13.9. The molecule has 0 bridgehead atoms. The molecule has 1 aliphatic rings. The van der Waals surface area contributed by atoms with Crippen LogP contribution in [-0.2, 0) is 11.3 Å². The molecule has 1 aromatic heterocycles. The van der Waals surface area contributed by atoms with Crippen LogP contribution in [0.25, 0.3) is 0 Å². The molecular weight excluding hydrogens is 320 g/mol. The minimum atomic E-state index is -0.932. The van der Waals surface area contributed by atoms with Gasteiger partial charge in [0.15, 0.2) is 0 Å². The Morgan fingerprint density at radius 2 is 2.08 bits per heavy atom. The highest BCUT2D eigenvalue weighted by atomic mass is 32.1. The van der Waals surface area contributed by atoms with E-state index < -0.39 is 5.60 Å². The van der Waals surface area contributed by atoms with Gasteiger partial charge in [-0.1, -0.05) is 36.4 Å². The predicted molar refractivity (Wildman–Crippen MR) is 96.8 cm³/mol. The van der Waals surface area contributed by atoms with Crippen LogP contribution in [0.15, 0.2) is 47.8 Å². The van der Waals surface area contributed by atoms with Gasteiger partial charge in [-0.3, -0.25) is 9.69 Å². The number of nitrogens with zero attached hydrogens (tertiary/aromatic N) is 1. The highest BCUT2D eigenvalue weighted by Gasteiger charge is 2.45. The average Bonchev–Trinajstić information content (AvgIpc) is 3.04. The van der Waals surface area contributed by atoms with E-state index in [-0.39, 0.29) is 18.0 Å². The molecule has 24 heavy (non-hydrogen) atoms. The van der Waals surface area contributed by atoms with Crippen LogP contribution in [-0.4, -0.2) is 34.1 Å². The van der Waals surface area contributed by atoms with Gasteiger partial charge in [-0.15, -0.1) is 11.3 Å². The number of benzene rings is 1. The van der Waals surface area contributed by atoms with Crippen molar-refractivity contribution in [2.45, 2.75) is 44.5 Å². The van der Waals surface area contributed by atoms with Crippen molar-refractivity contribution in [3.05, 3.63) is 58.3 Å². The third kappa shape index (κ3) is 3.69. The minimum Gasteiger partial charge on any atom is -0.388 e. The fourth-order valence-electron chi connectivity index (χ4n) is 3.50. The van der Waals surface area contributed by atoms with Gasteiger partial charge >= 0.3 is 0 Å². The molecule has 3 atom stereocenters. The normalized spacial score (nSPS) is 27.8. The van der Waals surface area contributed by atoms with E-state index in [4.69, 9.17) is 0 Å². The SMILES string of the molecule is CC(=O)NC1C(c2ccccc2)N(Cc2cccs2)CCC1(C)O. The number of hydrogen-bond donors (Lipinski definition) is 2. The van der Waals surface area contributed by atoms with E-state index in [9.17, 15) is 9.90 Å². The topological polar surface area (TPSA) is 52.6 Å². The summed E-state index contributed by atoms with van der Waals surface area (Å²) < 4.78 is 0. The zero-order valence-electron chi connectivity index (χ0n) is 14.1. The predicted octanol–water partition coefficient (Wildman–Crippen LogP) is 2.95. The Hall–Kier alpha value is -1.69. The molecule has 4 nitrogen and oxygen atoms in total. The van der Waals surface area contributed by atoms with Crippen LogP contribution < -0.4 is 5.32 Å². The van der Waals surface area contributed by atoms with Crippen LogP contribution in [0.2, 0.25) is 0 Å². The zero-order valence-corrected chi connectivity index (χ0v) is 14.9. The van der Waals surface area contributed by atoms with Gasteiger partial charge in [0.25, 0.3) is 0 Å². The summed E-state index contributed by atoms with van der Waals surface area (Å²) in [6.07, 6.45) is 0.632. The van der Waals surface area contributed by atoms with E-state index in [1.165, 1.54) is 11.8 Å². The number of hydrogen-bond acceptors (Lipinski definition) is 4. The molecule has 1 aromatic carbocycles. The number of amides is 1. The molecule has 0 spiro atoms. The van der Waals surface area contributed by atoms with E-state index in [0.717, 1.165) is 18.7 Å². The van der Waals surface area contributed by atoms with Crippen molar-refractivity contribution in [3.63, 3.8) is 0 Å². The van der Waals surface area contributed by atoms with Crippen LogP contribution in [0.1, 0.15) is 36.8 Å². The molecule has 2 N–H and O–H groups in total. The molecular formula is C19H24N2O2S. The monoisotopic (exact) mass is 344 g/mol. The number of likely N-dealkylation sites (tertiary alicyclic amines) is 1. The number of rotatable bonds is 4. The van der Waals surface area contributed by atoms with E-state index in [1.807, 2.05) is 25.1 Å². The van der Waals surface area contributed by atoms with Crippen molar-refractivity contribution in [2.75, 3.05) is 6.54 Å². The van der Waals surface area contributed by atoms with E-state index >= 15 is 0 Å². The lowest BCUT2D eigenvalue weighted by Crippen LogP contribution is -2.62. The molecule has 1 amide bonds. The number of nitrogens with one attached hydrogen (secondary N) is 1. The summed E-state index contributed by atoms with van der Waals surface area (Å²) >= 11 is 1.74. The van der Waals surface area contributed by atoms with E-state index in [2.05, 4.69) is 39.9 Å². The minimum absolute atomic E-state index is 0.0547. The Labute approximate surface area is 147 Å². The molecule has 3 rings (SSSR count). The molecule has 1 saturated heterocycles. The summed E-state index contributed by atoms with van der Waals surface area (Å²) in [6.45, 7) is 4.95. The van der Waals surface area contributed by atoms with Crippen LogP contribution in [0.4, 0.5) is 0 Å². The summed E-state index contributed by atoms with van der Waals surface area (Å²) in [7, 11) is 0. The summed E-state index contributed by atoms with van der Waals surface area (Å²) in [5.41, 5.74) is 0.186. The molecule has 5 heteroatoms. The van der Waals surface area contributed by atoms with Crippen molar-refractivity contribution >= 4 is 17.2 Å². The molecule has 1 fully saturated rings. The average molecular weight is 344 g/mol. The Balaban J connectivity index is 1.97. The second-order valence-electron chi connectivity index (χ2n) is 6.69. The Morgan fingerprint density at radius 3 is 2.71 bits per heavy atom. The number of aliphatic hydroxyl groups is 1. The summed E-state index contributed by atoms with van der Waals surface area (Å²) in [5, 5.41) is 16.0. The van der Waals surface area contributed by atoms with Gasteiger partial charge in [0, 0.05) is 24.9 Å². The van der Waals surface area contributed by atoms with Gasteiger partial charge in [-0.05, 0) is 30.4 Å². The van der Waals surface area contributed by atoms with Gasteiger partial charge < -0.3 is 10.4 Å². The van der Waals surface area contributed by atoms with E-state index in [0.29, 0.717) is 6.42 Å². The van der Waals surface area contributed by atoms with Crippen molar-refractivity contribution in [1.82, 2.24) is 10.2 Å². The summed E-state index contributed by atoms with van der Waals surface area (Å²) in [4.78, 5) is 15.4. The maximum atomic E-state index is 11.8. The molecule has 1 aliphatic heterocycles. The Kier molecular flexibility index (Phi) is 5.04. The van der Waals surface area contributed by atoms with Crippen molar-refractivity contribution in [1.29, 1.82) is 0 Å². The van der Waals surface area contributed by atoms with Crippen LogP contribution in [0.5, 0.6) is 0 Å². The summed E-state index contributed by atoms with van der Waals surface area (Å²) in [5.74, 6) is -0.112. The zero-order chi connectivity index (χ0) is 17.2. The maximum absolute atomic E-state index is 11.8. The van der Waals surface area contributed by atoms with Gasteiger partial charge in [0.2, 0.25) is 5.91 Å². The standard InChI is InChI=1S/C19H24N2O2S/c1-14(22)20-18-17(15-7-4-3-5-8-15)21(11-10-19(18,2)23)13-16-9-6-12-24-16/h3-9,12,17-18,23H,10-11,13H2,1-2H3,(H,20,22). The van der Waals surface area contributed by atoms with Crippen LogP contribution in [0, 0.1) is 0 Å². The van der Waals surface area contributed by atoms with E-state index in [1.54, 1.807) is 11.3 Å². The van der Waals surface area contributed by atoms with Gasteiger partial charge in [0.05, 0.1) is 17.7 Å². The fraction of sp³-hybridized carbons (Fsp3) is 0.421. The third-order valence-electron chi connectivity index (χ3n) is 4.72. The highest BCUT2D eigenvalue weighted by Crippen LogP contribution is 2.38. The number of carbonyl (C=O) groups is 1. The largest absolute Gasteiger partial charge is 0.388 e. The number of thiophene rings is 1. The molecule has 128 valence electrons. The second-order valence-corrected chi connectivity index (χ2v) is 7.72. The number of carbonyl (C=O) groups excluding carboxylic acids is 1. The first-order valence-corrected chi connectivity index (χ1v) is 9.16. The van der Waals surface area contributed by atoms with Crippen molar-refractivity contribution in [3.8, 4) is 0 Å². The Morgan fingerprint density at radius 1 is 1.33 bits per heavy atom. The molecule has 2 heterocycles. The lowest BCUT2D eigenvalue weighted by molar-refractivity contribution is -0.126. The molecule has 0 radical (unpaired) electrons. The molecule has 3 unspecified atom stereocenters. The van der Waals surface area contributed by atoms with Crippen molar-refractivity contribution < 1.29 is 9.90 Å². The maximum Gasteiger partial charge on any atom is 0.217 e. The van der Waals surface area contributed by atoms with Gasteiger partial charge in [-0.25, -0.2) is 0 Å². The van der Waals surface area contributed by atoms with Gasteiger partial charge in [0.1, 0.15) is 0 Å². The lowest BCUT2D eigenvalue weighted by Gasteiger charge is -2.49. The first-order valence-electron chi connectivity index (χ1n) is 8.28. The smallest absolute Gasteiger partial charge is 0.217 e. The van der Waals surface area contributed by atoms with Crippen LogP contribution >= 0.6 is 11.3 Å². The second kappa shape index (κ2) is 7.05. The quantitative estimate of drug-likeness (QED) is 0.897. The first-order chi connectivity index (χ1) is 11.5.